The summed E-state index contributed by atoms with van der Waals surface area (Å²) in [5.41, 5.74) is 1.67. The summed E-state index contributed by atoms with van der Waals surface area (Å²) in [5, 5.41) is 6.36. The number of nitrogens with zero attached hydrogens (tertiary/aromatic N) is 2. The van der Waals surface area contributed by atoms with Gasteiger partial charge in [-0.3, -0.25) is 19.4 Å². The average Bonchev–Trinajstić information content (AvgIpc) is 3.40. The van der Waals surface area contributed by atoms with Gasteiger partial charge in [0.25, 0.3) is 0 Å². The first-order valence-corrected chi connectivity index (χ1v) is 12.5. The van der Waals surface area contributed by atoms with Gasteiger partial charge in [0.1, 0.15) is 17.3 Å². The highest BCUT2D eigenvalue weighted by atomic mass is 19.1. The Morgan fingerprint density at radius 2 is 1.37 bits per heavy atom. The largest absolute Gasteiger partial charge is 0.293 e. The van der Waals surface area contributed by atoms with Gasteiger partial charge in [-0.25, -0.2) is 4.39 Å². The minimum atomic E-state index is -1.61. The number of hydrogen-bond donors (Lipinski definition) is 0. The van der Waals surface area contributed by atoms with Crippen molar-refractivity contribution in [1.82, 2.24) is 5.01 Å². The fraction of sp³-hybridized carbons (Fsp3) is 0.125. The topological polar surface area (TPSA) is 66.8 Å². The van der Waals surface area contributed by atoms with Crippen LogP contribution in [0.4, 0.5) is 4.39 Å². The van der Waals surface area contributed by atoms with Gasteiger partial charge in [0, 0.05) is 22.6 Å². The van der Waals surface area contributed by atoms with Crippen molar-refractivity contribution in [2.45, 2.75) is 18.0 Å². The molecule has 2 aliphatic heterocycles. The maximum Gasteiger partial charge on any atom is 0.187 e. The van der Waals surface area contributed by atoms with E-state index in [4.69, 9.17) is 5.10 Å². The van der Waals surface area contributed by atoms with Gasteiger partial charge in [-0.05, 0) is 41.0 Å². The zero-order valence-corrected chi connectivity index (χ0v) is 20.1. The van der Waals surface area contributed by atoms with Crippen LogP contribution in [0.1, 0.15) is 59.7 Å². The second kappa shape index (κ2) is 8.15. The van der Waals surface area contributed by atoms with Crippen molar-refractivity contribution >= 4 is 23.6 Å². The second-order valence-corrected chi connectivity index (χ2v) is 9.93. The van der Waals surface area contributed by atoms with E-state index in [1.54, 1.807) is 35.5 Å². The van der Waals surface area contributed by atoms with Gasteiger partial charge >= 0.3 is 0 Å². The Labute approximate surface area is 218 Å². The molecular formula is C32H21FN2O3. The molecule has 0 N–H and O–H groups in total. The Balaban J connectivity index is 1.55. The van der Waals surface area contributed by atoms with Gasteiger partial charge in [-0.15, -0.1) is 0 Å². The van der Waals surface area contributed by atoms with Crippen molar-refractivity contribution in [3.8, 4) is 0 Å². The zero-order valence-electron chi connectivity index (χ0n) is 20.1. The van der Waals surface area contributed by atoms with Crippen LogP contribution in [0.25, 0.3) is 0 Å². The number of carbonyl (C=O) groups is 3. The second-order valence-electron chi connectivity index (χ2n) is 9.93. The summed E-state index contributed by atoms with van der Waals surface area (Å²) in [5.74, 6) is -2.22. The number of fused-ring (bicyclic) bond motifs is 5. The summed E-state index contributed by atoms with van der Waals surface area (Å²) in [6.07, 6.45) is 1.68. The van der Waals surface area contributed by atoms with E-state index >= 15 is 0 Å². The molecule has 1 spiro atoms. The van der Waals surface area contributed by atoms with Gasteiger partial charge in [0.05, 0.1) is 12.3 Å². The van der Waals surface area contributed by atoms with Crippen molar-refractivity contribution in [2.75, 3.05) is 0 Å². The third-order valence-electron chi connectivity index (χ3n) is 8.13. The highest BCUT2D eigenvalue weighted by Gasteiger charge is 2.72. The van der Waals surface area contributed by atoms with E-state index in [2.05, 4.69) is 0 Å². The Kier molecular flexibility index (Phi) is 4.82. The summed E-state index contributed by atoms with van der Waals surface area (Å²) in [4.78, 5) is 43.4. The molecule has 38 heavy (non-hydrogen) atoms. The maximum atomic E-state index is 14.6. The predicted octanol–water partition coefficient (Wildman–Crippen LogP) is 5.63. The Morgan fingerprint density at radius 1 is 0.763 bits per heavy atom. The first kappa shape index (κ1) is 22.5. The van der Waals surface area contributed by atoms with E-state index in [-0.39, 0.29) is 22.9 Å². The molecule has 0 aromatic heterocycles. The maximum absolute atomic E-state index is 14.6. The van der Waals surface area contributed by atoms with E-state index in [9.17, 15) is 18.8 Å². The SMILES string of the molecule is O=C(c1ccc(F)cc1)[C@@H]1[C@@H](c2ccccc2)C2(C(=O)c3ccccc3C2=O)[C@@H]2c3ccccc3C=NN12. The molecule has 1 saturated heterocycles. The number of benzene rings is 4. The highest BCUT2D eigenvalue weighted by molar-refractivity contribution is 6.31. The van der Waals surface area contributed by atoms with E-state index in [0.29, 0.717) is 16.7 Å². The normalized spacial score (nSPS) is 22.3. The van der Waals surface area contributed by atoms with E-state index < -0.39 is 29.2 Å². The van der Waals surface area contributed by atoms with Crippen molar-refractivity contribution in [3.05, 3.63) is 142 Å². The molecule has 6 heteroatoms. The monoisotopic (exact) mass is 500 g/mol. The number of carbonyl (C=O) groups excluding carboxylic acids is 3. The summed E-state index contributed by atoms with van der Waals surface area (Å²) in [6, 6.07) is 27.3. The number of halogens is 1. The highest BCUT2D eigenvalue weighted by Crippen LogP contribution is 2.64. The molecule has 1 aliphatic carbocycles. The van der Waals surface area contributed by atoms with Crippen molar-refractivity contribution in [1.29, 1.82) is 0 Å². The van der Waals surface area contributed by atoms with Crippen LogP contribution < -0.4 is 0 Å². The van der Waals surface area contributed by atoms with Crippen LogP contribution in [0.15, 0.2) is 108 Å². The number of hydrogen-bond acceptors (Lipinski definition) is 5. The molecule has 0 saturated carbocycles. The zero-order chi connectivity index (χ0) is 26.0. The molecular weight excluding hydrogens is 479 g/mol. The first-order chi connectivity index (χ1) is 18.5. The molecule has 0 amide bonds. The molecule has 1 fully saturated rings. The standard InChI is InChI=1S/C32H21FN2O3/c33-22-16-14-20(15-17-22)28(36)27-26(19-8-2-1-3-9-19)32(30(37)24-12-6-7-13-25(24)31(32)38)29-23-11-5-4-10-21(23)18-34-35(27)29/h1-18,26-27,29H/t26-,27+,29+/m1/s1. The van der Waals surface area contributed by atoms with E-state index in [1.165, 1.54) is 24.3 Å². The predicted molar refractivity (Wildman–Crippen MR) is 140 cm³/mol. The van der Waals surface area contributed by atoms with Crippen molar-refractivity contribution < 1.29 is 18.8 Å². The minimum absolute atomic E-state index is 0.289. The van der Waals surface area contributed by atoms with Crippen molar-refractivity contribution in [3.63, 3.8) is 0 Å². The summed E-state index contributed by atoms with van der Waals surface area (Å²) in [6.45, 7) is 0. The molecule has 184 valence electrons. The molecule has 4 aromatic carbocycles. The molecule has 7 rings (SSSR count). The lowest BCUT2D eigenvalue weighted by atomic mass is 9.63. The number of rotatable bonds is 3. The third-order valence-corrected chi connectivity index (χ3v) is 8.13. The lowest BCUT2D eigenvalue weighted by molar-refractivity contribution is 0.0586. The van der Waals surface area contributed by atoms with Crippen molar-refractivity contribution in [2.24, 2.45) is 10.5 Å². The Hall–Kier alpha value is -4.71. The van der Waals surface area contributed by atoms with Gasteiger partial charge in [0.15, 0.2) is 17.3 Å². The first-order valence-electron chi connectivity index (χ1n) is 12.5. The summed E-state index contributed by atoms with van der Waals surface area (Å²) >= 11 is 0. The molecule has 2 heterocycles. The van der Waals surface area contributed by atoms with Crippen LogP contribution in [-0.4, -0.2) is 34.6 Å². The quantitative estimate of drug-likeness (QED) is 0.270. The number of ketones is 3. The average molecular weight is 501 g/mol. The van der Waals surface area contributed by atoms with Gasteiger partial charge in [-0.1, -0.05) is 78.9 Å². The molecule has 3 atom stereocenters. The van der Waals surface area contributed by atoms with Crippen LogP contribution in [0.3, 0.4) is 0 Å². The summed E-state index contributed by atoms with van der Waals surface area (Å²) < 4.78 is 13.8. The van der Waals surface area contributed by atoms with Gasteiger partial charge in [-0.2, -0.15) is 5.10 Å². The Bertz CT molecular complexity index is 1630. The van der Waals surface area contributed by atoms with Crippen LogP contribution in [0.2, 0.25) is 0 Å². The third kappa shape index (κ3) is 2.85. The van der Waals surface area contributed by atoms with Crippen LogP contribution in [0.5, 0.6) is 0 Å². The fourth-order valence-electron chi connectivity index (χ4n) is 6.59. The van der Waals surface area contributed by atoms with Crippen LogP contribution in [0, 0.1) is 11.2 Å². The Morgan fingerprint density at radius 3 is 2.05 bits per heavy atom. The lowest BCUT2D eigenvalue weighted by Gasteiger charge is -2.36. The lowest BCUT2D eigenvalue weighted by Crippen LogP contribution is -2.43. The number of Topliss-reactive ketones (excluding diaryl/α,β-unsaturated/α-hetero) is 3. The van der Waals surface area contributed by atoms with Crippen LogP contribution >= 0.6 is 0 Å². The molecule has 0 unspecified atom stereocenters. The molecule has 5 nitrogen and oxygen atoms in total. The van der Waals surface area contributed by atoms with Gasteiger partial charge < -0.3 is 0 Å². The fourth-order valence-corrected chi connectivity index (χ4v) is 6.59. The minimum Gasteiger partial charge on any atom is -0.293 e. The summed E-state index contributed by atoms with van der Waals surface area (Å²) in [7, 11) is 0. The number of hydrazone groups is 1. The van der Waals surface area contributed by atoms with E-state index in [0.717, 1.165) is 11.1 Å². The molecule has 4 aromatic rings. The molecule has 0 bridgehead atoms. The molecule has 3 aliphatic rings. The van der Waals surface area contributed by atoms with Gasteiger partial charge in [0.2, 0.25) is 0 Å². The van der Waals surface area contributed by atoms with Crippen LogP contribution in [-0.2, 0) is 0 Å². The van der Waals surface area contributed by atoms with E-state index in [1.807, 2.05) is 54.6 Å². The molecule has 0 radical (unpaired) electrons. The smallest absolute Gasteiger partial charge is 0.187 e.